The Hall–Kier alpha value is -1.44. The van der Waals surface area contributed by atoms with Gasteiger partial charge >= 0.3 is 0 Å². The highest BCUT2D eigenvalue weighted by atomic mass is 35.5. The van der Waals surface area contributed by atoms with Gasteiger partial charge in [0, 0.05) is 13.1 Å². The molecule has 0 aromatic carbocycles. The van der Waals surface area contributed by atoms with Crippen molar-refractivity contribution in [3.8, 4) is 0 Å². The standard InChI is InChI=1S/C11H17ClN6O/c1-18(2)4-6-19-5-3-13-9-8-10(15-7-14-8)17-11(12)16-9/h7H,3-6H2,1-2H3,(H2,13,14,15,16,17). The summed E-state index contributed by atoms with van der Waals surface area (Å²) >= 11 is 5.83. The Bertz CT molecular complexity index is 529. The molecule has 0 unspecified atom stereocenters. The van der Waals surface area contributed by atoms with E-state index in [1.54, 1.807) is 6.33 Å². The number of fused-ring (bicyclic) bond motifs is 1. The summed E-state index contributed by atoms with van der Waals surface area (Å²) in [6, 6.07) is 0. The minimum Gasteiger partial charge on any atom is -0.378 e. The number of halogens is 1. The van der Waals surface area contributed by atoms with Crippen molar-refractivity contribution >= 4 is 28.6 Å². The lowest BCUT2D eigenvalue weighted by Crippen LogP contribution is -2.20. The molecule has 0 aliphatic carbocycles. The molecule has 0 aliphatic rings. The van der Waals surface area contributed by atoms with Crippen LogP contribution in [0.2, 0.25) is 5.28 Å². The molecule has 7 nitrogen and oxygen atoms in total. The summed E-state index contributed by atoms with van der Waals surface area (Å²) in [4.78, 5) is 17.2. The number of nitrogens with one attached hydrogen (secondary N) is 2. The summed E-state index contributed by atoms with van der Waals surface area (Å²) < 4.78 is 5.48. The number of hydrogen-bond donors (Lipinski definition) is 2. The Labute approximate surface area is 116 Å². The highest BCUT2D eigenvalue weighted by Crippen LogP contribution is 2.17. The van der Waals surface area contributed by atoms with Crippen LogP contribution in [0.5, 0.6) is 0 Å². The summed E-state index contributed by atoms with van der Waals surface area (Å²) in [5.41, 5.74) is 1.30. The maximum atomic E-state index is 5.83. The summed E-state index contributed by atoms with van der Waals surface area (Å²) in [6.45, 7) is 2.86. The highest BCUT2D eigenvalue weighted by molar-refractivity contribution is 6.28. The van der Waals surface area contributed by atoms with E-state index in [9.17, 15) is 0 Å². The van der Waals surface area contributed by atoms with E-state index in [2.05, 4.69) is 30.2 Å². The zero-order valence-corrected chi connectivity index (χ0v) is 11.7. The van der Waals surface area contributed by atoms with E-state index in [1.807, 2.05) is 14.1 Å². The molecular weight excluding hydrogens is 268 g/mol. The van der Waals surface area contributed by atoms with Gasteiger partial charge in [0.25, 0.3) is 0 Å². The number of ether oxygens (including phenoxy) is 1. The van der Waals surface area contributed by atoms with Crippen LogP contribution in [-0.2, 0) is 4.74 Å². The molecule has 2 rings (SSSR count). The van der Waals surface area contributed by atoms with Gasteiger partial charge in [-0.05, 0) is 25.7 Å². The largest absolute Gasteiger partial charge is 0.378 e. The number of likely N-dealkylation sites (N-methyl/N-ethyl adjacent to an activating group) is 1. The first-order valence-electron chi connectivity index (χ1n) is 6.00. The molecule has 0 aliphatic heterocycles. The summed E-state index contributed by atoms with van der Waals surface area (Å²) in [6.07, 6.45) is 1.56. The first kappa shape index (κ1) is 14.0. The predicted octanol–water partition coefficient (Wildman–Crippen LogP) is 0.996. The Kier molecular flexibility index (Phi) is 4.89. The van der Waals surface area contributed by atoms with Crippen LogP contribution in [0, 0.1) is 0 Å². The quantitative estimate of drug-likeness (QED) is 0.583. The fourth-order valence-electron chi connectivity index (χ4n) is 1.53. The van der Waals surface area contributed by atoms with Gasteiger partial charge in [-0.2, -0.15) is 9.97 Å². The van der Waals surface area contributed by atoms with Gasteiger partial charge < -0.3 is 19.9 Å². The third-order valence-corrected chi connectivity index (χ3v) is 2.65. The van der Waals surface area contributed by atoms with E-state index in [1.165, 1.54) is 0 Å². The number of hydrogen-bond acceptors (Lipinski definition) is 6. The molecule has 2 N–H and O–H groups in total. The van der Waals surface area contributed by atoms with E-state index in [4.69, 9.17) is 16.3 Å². The molecule has 19 heavy (non-hydrogen) atoms. The summed E-state index contributed by atoms with van der Waals surface area (Å²) in [7, 11) is 4.03. The lowest BCUT2D eigenvalue weighted by molar-refractivity contribution is 0.126. The van der Waals surface area contributed by atoms with Gasteiger partial charge in [0.2, 0.25) is 5.28 Å². The molecule has 0 atom stereocenters. The molecule has 2 aromatic heterocycles. The third-order valence-electron chi connectivity index (χ3n) is 2.48. The average molecular weight is 285 g/mol. The second-order valence-electron chi connectivity index (χ2n) is 4.28. The van der Waals surface area contributed by atoms with Crippen LogP contribution in [0.15, 0.2) is 6.33 Å². The molecule has 2 aromatic rings. The van der Waals surface area contributed by atoms with Crippen molar-refractivity contribution in [1.29, 1.82) is 0 Å². The van der Waals surface area contributed by atoms with Crippen molar-refractivity contribution in [2.24, 2.45) is 0 Å². The molecule has 0 amide bonds. The second kappa shape index (κ2) is 6.65. The van der Waals surface area contributed by atoms with Crippen molar-refractivity contribution in [2.75, 3.05) is 45.7 Å². The fraction of sp³-hybridized carbons (Fsp3) is 0.545. The number of nitrogens with zero attached hydrogens (tertiary/aromatic N) is 4. The third kappa shape index (κ3) is 4.02. The van der Waals surface area contributed by atoms with Crippen LogP contribution in [0.4, 0.5) is 5.82 Å². The van der Waals surface area contributed by atoms with Crippen molar-refractivity contribution < 1.29 is 4.74 Å². The second-order valence-corrected chi connectivity index (χ2v) is 4.62. The molecule has 0 fully saturated rings. The van der Waals surface area contributed by atoms with E-state index in [0.29, 0.717) is 31.2 Å². The molecule has 2 heterocycles. The van der Waals surface area contributed by atoms with Crippen molar-refractivity contribution in [3.63, 3.8) is 0 Å². The van der Waals surface area contributed by atoms with E-state index in [0.717, 1.165) is 12.1 Å². The molecule has 8 heteroatoms. The molecule has 0 saturated heterocycles. The zero-order valence-electron chi connectivity index (χ0n) is 11.0. The van der Waals surface area contributed by atoms with Crippen molar-refractivity contribution in [2.45, 2.75) is 0 Å². The van der Waals surface area contributed by atoms with E-state index in [-0.39, 0.29) is 5.28 Å². The van der Waals surface area contributed by atoms with Gasteiger partial charge in [-0.1, -0.05) is 0 Å². The van der Waals surface area contributed by atoms with Crippen LogP contribution in [0.25, 0.3) is 11.2 Å². The molecule has 0 bridgehead atoms. The Balaban J connectivity index is 1.83. The minimum atomic E-state index is 0.177. The molecular formula is C11H17ClN6O. The Morgan fingerprint density at radius 3 is 3.00 bits per heavy atom. The van der Waals surface area contributed by atoms with Gasteiger partial charge in [0.05, 0.1) is 19.5 Å². The SMILES string of the molecule is CN(C)CCOCCNc1nc(Cl)nc2nc[nH]c12. The number of anilines is 1. The Morgan fingerprint density at radius 1 is 1.37 bits per heavy atom. The fourth-order valence-corrected chi connectivity index (χ4v) is 1.69. The smallest absolute Gasteiger partial charge is 0.226 e. The highest BCUT2D eigenvalue weighted by Gasteiger charge is 2.07. The first-order valence-corrected chi connectivity index (χ1v) is 6.37. The van der Waals surface area contributed by atoms with Crippen LogP contribution in [0.1, 0.15) is 0 Å². The Morgan fingerprint density at radius 2 is 2.21 bits per heavy atom. The van der Waals surface area contributed by atoms with Crippen LogP contribution < -0.4 is 5.32 Å². The lowest BCUT2D eigenvalue weighted by atomic mass is 10.5. The van der Waals surface area contributed by atoms with Gasteiger partial charge in [-0.25, -0.2) is 4.98 Å². The summed E-state index contributed by atoms with van der Waals surface area (Å²) in [5, 5.41) is 3.33. The minimum absolute atomic E-state index is 0.177. The van der Waals surface area contributed by atoms with Crippen LogP contribution in [0.3, 0.4) is 0 Å². The molecule has 0 radical (unpaired) electrons. The number of aromatic nitrogens is 4. The normalized spacial score (nSPS) is 11.4. The lowest BCUT2D eigenvalue weighted by Gasteiger charge is -2.10. The number of imidazole rings is 1. The maximum absolute atomic E-state index is 5.83. The van der Waals surface area contributed by atoms with Gasteiger partial charge in [0.1, 0.15) is 5.52 Å². The maximum Gasteiger partial charge on any atom is 0.226 e. The molecule has 0 spiro atoms. The monoisotopic (exact) mass is 284 g/mol. The average Bonchev–Trinajstić information content (AvgIpc) is 2.80. The molecule has 104 valence electrons. The van der Waals surface area contributed by atoms with Gasteiger partial charge in [0.15, 0.2) is 11.5 Å². The van der Waals surface area contributed by atoms with E-state index < -0.39 is 0 Å². The zero-order chi connectivity index (χ0) is 13.7. The predicted molar refractivity (Wildman–Crippen MR) is 74.6 cm³/mol. The topological polar surface area (TPSA) is 79.0 Å². The number of H-pyrrole nitrogens is 1. The first-order chi connectivity index (χ1) is 9.16. The number of aromatic amines is 1. The summed E-state index contributed by atoms with van der Waals surface area (Å²) in [5.74, 6) is 0.642. The molecule has 0 saturated carbocycles. The van der Waals surface area contributed by atoms with Crippen LogP contribution >= 0.6 is 11.6 Å². The van der Waals surface area contributed by atoms with Crippen molar-refractivity contribution in [3.05, 3.63) is 11.6 Å². The van der Waals surface area contributed by atoms with Gasteiger partial charge in [-0.15, -0.1) is 0 Å². The van der Waals surface area contributed by atoms with Gasteiger partial charge in [-0.3, -0.25) is 0 Å². The van der Waals surface area contributed by atoms with E-state index >= 15 is 0 Å². The van der Waals surface area contributed by atoms with Crippen molar-refractivity contribution in [1.82, 2.24) is 24.8 Å². The number of rotatable bonds is 7. The van der Waals surface area contributed by atoms with Crippen LogP contribution in [-0.4, -0.2) is 65.2 Å².